The molecule has 0 spiro atoms. The van der Waals surface area contributed by atoms with Crippen molar-refractivity contribution < 1.29 is 4.39 Å². The van der Waals surface area contributed by atoms with E-state index in [0.29, 0.717) is 5.82 Å². The Bertz CT molecular complexity index is 1530. The Balaban J connectivity index is 1.63. The van der Waals surface area contributed by atoms with Gasteiger partial charge in [-0.2, -0.15) is 9.49 Å². The number of para-hydroxylation sites is 1. The van der Waals surface area contributed by atoms with Crippen LogP contribution in [0.4, 0.5) is 4.39 Å². The Labute approximate surface area is 206 Å². The molecule has 0 saturated carbocycles. The van der Waals surface area contributed by atoms with E-state index in [2.05, 4.69) is 87.4 Å². The predicted octanol–water partition coefficient (Wildman–Crippen LogP) is 5.74. The Morgan fingerprint density at radius 1 is 0.800 bits per heavy atom. The summed E-state index contributed by atoms with van der Waals surface area (Å²) in [5.74, 6) is -0.0510. The third kappa shape index (κ3) is 4.30. The third-order valence-electron chi connectivity index (χ3n) is 6.51. The minimum Gasteiger partial charge on any atom is -0.257 e. The first-order valence-electron chi connectivity index (χ1n) is 11.8. The van der Waals surface area contributed by atoms with Crippen LogP contribution < -0.4 is 10.6 Å². The Morgan fingerprint density at radius 2 is 1.54 bits per heavy atom. The van der Waals surface area contributed by atoms with Crippen LogP contribution in [0.15, 0.2) is 84.9 Å². The Morgan fingerprint density at radius 3 is 2.31 bits per heavy atom. The van der Waals surface area contributed by atoms with Gasteiger partial charge in [-0.1, -0.05) is 82.4 Å². The second kappa shape index (κ2) is 8.54. The van der Waals surface area contributed by atoms with Crippen molar-refractivity contribution in [2.24, 2.45) is 0 Å². The van der Waals surface area contributed by atoms with Crippen molar-refractivity contribution in [3.63, 3.8) is 0 Å². The molecule has 176 valence electrons. The van der Waals surface area contributed by atoms with Gasteiger partial charge in [0.15, 0.2) is 13.9 Å². The first-order valence-corrected chi connectivity index (χ1v) is 14.8. The van der Waals surface area contributed by atoms with E-state index >= 15 is 0 Å². The van der Waals surface area contributed by atoms with Gasteiger partial charge in [0.1, 0.15) is 0 Å². The maximum Gasteiger partial charge on any atom is 0.214 e. The minimum atomic E-state index is -2.32. The average Bonchev–Trinajstić information content (AvgIpc) is 3.24. The minimum absolute atomic E-state index is 0.0678. The molecule has 35 heavy (non-hydrogen) atoms. The molecule has 5 rings (SSSR count). The molecule has 0 atom stereocenters. The highest BCUT2D eigenvalue weighted by atomic mass is 28.3. The molecule has 2 aromatic carbocycles. The zero-order valence-corrected chi connectivity index (χ0v) is 21.7. The fourth-order valence-electron chi connectivity index (χ4n) is 4.43. The van der Waals surface area contributed by atoms with Gasteiger partial charge in [-0.3, -0.25) is 4.98 Å². The lowest BCUT2D eigenvalue weighted by Gasteiger charge is -2.22. The standard InChI is InChI=1S/C29H29FN4Si/c1-29(2,3)21-12-8-11-20(19-21)23-14-9-18-27(31-23)35(4,5)28-22-13-6-7-15-24(22)34(33-28)26-17-10-16-25(30)32-26/h6-19H,1-5H3. The fourth-order valence-corrected chi connectivity index (χ4v) is 6.82. The molecule has 3 aromatic heterocycles. The summed E-state index contributed by atoms with van der Waals surface area (Å²) in [6.07, 6.45) is 0. The number of benzene rings is 2. The average molecular weight is 481 g/mol. The summed E-state index contributed by atoms with van der Waals surface area (Å²) >= 11 is 0. The van der Waals surface area contributed by atoms with E-state index in [9.17, 15) is 4.39 Å². The highest BCUT2D eigenvalue weighted by Gasteiger charge is 2.34. The number of halogens is 1. The molecular weight excluding hydrogens is 451 g/mol. The highest BCUT2D eigenvalue weighted by Crippen LogP contribution is 2.27. The van der Waals surface area contributed by atoms with Crippen LogP contribution >= 0.6 is 0 Å². The van der Waals surface area contributed by atoms with Gasteiger partial charge in [0, 0.05) is 16.3 Å². The topological polar surface area (TPSA) is 43.6 Å². The number of rotatable bonds is 4. The van der Waals surface area contributed by atoms with Crippen molar-refractivity contribution in [2.45, 2.75) is 39.3 Å². The van der Waals surface area contributed by atoms with E-state index in [0.717, 1.165) is 32.8 Å². The van der Waals surface area contributed by atoms with E-state index in [-0.39, 0.29) is 5.41 Å². The lowest BCUT2D eigenvalue weighted by molar-refractivity contribution is 0.578. The molecule has 0 fully saturated rings. The third-order valence-corrected chi connectivity index (χ3v) is 9.62. The lowest BCUT2D eigenvalue weighted by atomic mass is 9.86. The largest absolute Gasteiger partial charge is 0.257 e. The normalized spacial score (nSPS) is 12.3. The van der Waals surface area contributed by atoms with E-state index < -0.39 is 14.0 Å². The number of pyridine rings is 2. The van der Waals surface area contributed by atoms with Crippen molar-refractivity contribution in [2.75, 3.05) is 0 Å². The number of aromatic nitrogens is 4. The molecule has 0 saturated heterocycles. The molecule has 4 nitrogen and oxygen atoms in total. The molecule has 0 bridgehead atoms. The van der Waals surface area contributed by atoms with E-state index in [1.165, 1.54) is 11.6 Å². The SMILES string of the molecule is CC(C)(C)c1cccc(-c2cccc([Si](C)(C)c3nn(-c4cccc(F)n4)c4ccccc34)n2)c1. The van der Waals surface area contributed by atoms with Crippen LogP contribution in [-0.2, 0) is 5.41 Å². The Hall–Kier alpha value is -3.64. The zero-order chi connectivity index (χ0) is 24.8. The maximum absolute atomic E-state index is 13.9. The number of hydrogen-bond acceptors (Lipinski definition) is 3. The van der Waals surface area contributed by atoms with Crippen LogP contribution in [0.25, 0.3) is 28.0 Å². The molecule has 0 N–H and O–H groups in total. The fraction of sp³-hybridized carbons (Fsp3) is 0.207. The monoisotopic (exact) mass is 480 g/mol. The molecule has 0 aliphatic rings. The smallest absolute Gasteiger partial charge is 0.214 e. The maximum atomic E-state index is 13.9. The predicted molar refractivity (Wildman–Crippen MR) is 144 cm³/mol. The highest BCUT2D eigenvalue weighted by molar-refractivity contribution is 7.00. The first kappa shape index (κ1) is 23.1. The van der Waals surface area contributed by atoms with Gasteiger partial charge >= 0.3 is 0 Å². The van der Waals surface area contributed by atoms with Crippen molar-refractivity contribution in [3.8, 4) is 17.1 Å². The quantitative estimate of drug-likeness (QED) is 0.243. The van der Waals surface area contributed by atoms with Gasteiger partial charge in [0.25, 0.3) is 0 Å². The zero-order valence-electron chi connectivity index (χ0n) is 20.7. The van der Waals surface area contributed by atoms with Crippen molar-refractivity contribution >= 4 is 29.6 Å². The summed E-state index contributed by atoms with van der Waals surface area (Å²) in [5, 5.41) is 8.12. The van der Waals surface area contributed by atoms with Crippen LogP contribution in [-0.4, -0.2) is 27.8 Å². The first-order chi connectivity index (χ1) is 16.6. The van der Waals surface area contributed by atoms with Gasteiger partial charge in [-0.05, 0) is 47.4 Å². The van der Waals surface area contributed by atoms with Gasteiger partial charge < -0.3 is 0 Å². The van der Waals surface area contributed by atoms with Crippen LogP contribution in [0.3, 0.4) is 0 Å². The van der Waals surface area contributed by atoms with Crippen LogP contribution in [0, 0.1) is 5.95 Å². The summed E-state index contributed by atoms with van der Waals surface area (Å²) in [6.45, 7) is 11.2. The van der Waals surface area contributed by atoms with Crippen molar-refractivity contribution in [1.29, 1.82) is 0 Å². The summed E-state index contributed by atoms with van der Waals surface area (Å²) < 4.78 is 15.7. The molecule has 0 aliphatic heterocycles. The van der Waals surface area contributed by atoms with Crippen LogP contribution in [0.2, 0.25) is 13.1 Å². The summed E-state index contributed by atoms with van der Waals surface area (Å²) in [5.41, 5.74) is 4.34. The number of fused-ring (bicyclic) bond motifs is 1. The van der Waals surface area contributed by atoms with E-state index in [1.807, 2.05) is 18.2 Å². The summed E-state index contributed by atoms with van der Waals surface area (Å²) in [7, 11) is -2.32. The van der Waals surface area contributed by atoms with Crippen molar-refractivity contribution in [1.82, 2.24) is 19.7 Å². The molecule has 0 radical (unpaired) electrons. The van der Waals surface area contributed by atoms with Gasteiger partial charge in [0.05, 0.1) is 16.5 Å². The summed E-state index contributed by atoms with van der Waals surface area (Å²) in [4.78, 5) is 9.23. The van der Waals surface area contributed by atoms with Gasteiger partial charge in [-0.25, -0.2) is 9.67 Å². The number of hydrogen-bond donors (Lipinski definition) is 0. The van der Waals surface area contributed by atoms with Gasteiger partial charge in [0.2, 0.25) is 5.95 Å². The molecule has 5 aromatic rings. The van der Waals surface area contributed by atoms with Crippen LogP contribution in [0.1, 0.15) is 26.3 Å². The van der Waals surface area contributed by atoms with Crippen LogP contribution in [0.5, 0.6) is 0 Å². The second-order valence-electron chi connectivity index (χ2n) is 10.5. The van der Waals surface area contributed by atoms with E-state index in [1.54, 1.807) is 16.8 Å². The molecular formula is C29H29FN4Si. The van der Waals surface area contributed by atoms with Gasteiger partial charge in [-0.15, -0.1) is 0 Å². The van der Waals surface area contributed by atoms with Crippen molar-refractivity contribution in [3.05, 3.63) is 96.4 Å². The Kier molecular flexibility index (Phi) is 5.64. The van der Waals surface area contributed by atoms with E-state index in [4.69, 9.17) is 10.1 Å². The number of nitrogens with zero attached hydrogens (tertiary/aromatic N) is 4. The second-order valence-corrected chi connectivity index (χ2v) is 14.7. The molecule has 6 heteroatoms. The summed E-state index contributed by atoms with van der Waals surface area (Å²) in [6, 6.07) is 27.8. The molecule has 0 aliphatic carbocycles. The molecule has 0 unspecified atom stereocenters. The lowest BCUT2D eigenvalue weighted by Crippen LogP contribution is -2.55. The molecule has 3 heterocycles. The molecule has 0 amide bonds.